The molecule has 0 spiro atoms. The number of nitrogens with one attached hydrogen (secondary N) is 1. The monoisotopic (exact) mass is 369 g/mol. The Balaban J connectivity index is 1.72. The second-order valence-electron chi connectivity index (χ2n) is 5.82. The number of ether oxygens (including phenoxy) is 1. The molecule has 1 aliphatic rings. The van der Waals surface area contributed by atoms with Gasteiger partial charge in [-0.25, -0.2) is 0 Å². The Morgan fingerprint density at radius 2 is 2.04 bits per heavy atom. The molecule has 1 heterocycles. The Bertz CT molecular complexity index is 578. The van der Waals surface area contributed by atoms with Crippen molar-refractivity contribution in [2.24, 2.45) is 0 Å². The Hall–Kier alpha value is -1.68. The third kappa shape index (κ3) is 6.62. The molecular weight excluding hydrogens is 346 g/mol. The minimum Gasteiger partial charge on any atom is -0.390 e. The van der Waals surface area contributed by atoms with Crippen LogP contribution in [0.2, 0.25) is 0 Å². The molecule has 1 amide bonds. The normalized spacial score (nSPS) is 17.7. The van der Waals surface area contributed by atoms with Crippen LogP contribution in [0.5, 0.6) is 0 Å². The first-order valence-corrected chi connectivity index (χ1v) is 9.00. The number of non-ortho nitro benzene ring substituents is 1. The van der Waals surface area contributed by atoms with Crippen molar-refractivity contribution in [2.45, 2.75) is 23.2 Å². The Labute approximate surface area is 150 Å². The van der Waals surface area contributed by atoms with Crippen molar-refractivity contribution >= 4 is 23.4 Å². The lowest BCUT2D eigenvalue weighted by atomic mass is 10.3. The molecule has 0 aliphatic carbocycles. The summed E-state index contributed by atoms with van der Waals surface area (Å²) in [4.78, 5) is 25.2. The molecule has 25 heavy (non-hydrogen) atoms. The molecule has 0 bridgehead atoms. The first kappa shape index (κ1) is 19.6. The van der Waals surface area contributed by atoms with Gasteiger partial charge in [0.25, 0.3) is 5.69 Å². The maximum atomic E-state index is 12.1. The number of hydrogen-bond acceptors (Lipinski definition) is 7. The average molecular weight is 369 g/mol. The number of nitrogens with zero attached hydrogens (tertiary/aromatic N) is 2. The number of aliphatic hydroxyl groups excluding tert-OH is 1. The Kier molecular flexibility index (Phi) is 7.63. The summed E-state index contributed by atoms with van der Waals surface area (Å²) in [6, 6.07) is 6.08. The van der Waals surface area contributed by atoms with Gasteiger partial charge in [-0.3, -0.25) is 19.8 Å². The number of nitro benzene ring substituents is 1. The topological polar surface area (TPSA) is 105 Å². The van der Waals surface area contributed by atoms with Crippen LogP contribution in [0, 0.1) is 10.1 Å². The summed E-state index contributed by atoms with van der Waals surface area (Å²) in [6.45, 7) is 5.38. The van der Waals surface area contributed by atoms with Crippen molar-refractivity contribution in [3.63, 3.8) is 0 Å². The summed E-state index contributed by atoms with van der Waals surface area (Å²) in [7, 11) is 0. The van der Waals surface area contributed by atoms with Gasteiger partial charge in [-0.2, -0.15) is 0 Å². The van der Waals surface area contributed by atoms with Crippen molar-refractivity contribution in [1.82, 2.24) is 10.2 Å². The van der Waals surface area contributed by atoms with Crippen LogP contribution < -0.4 is 5.32 Å². The molecule has 2 atom stereocenters. The predicted molar refractivity (Wildman–Crippen MR) is 94.7 cm³/mol. The smallest absolute Gasteiger partial charge is 0.269 e. The van der Waals surface area contributed by atoms with Gasteiger partial charge in [0.2, 0.25) is 5.91 Å². The second-order valence-corrected chi connectivity index (χ2v) is 7.24. The first-order chi connectivity index (χ1) is 12.0. The molecule has 0 saturated carbocycles. The van der Waals surface area contributed by atoms with E-state index >= 15 is 0 Å². The van der Waals surface area contributed by atoms with Crippen molar-refractivity contribution < 1.29 is 19.6 Å². The summed E-state index contributed by atoms with van der Waals surface area (Å²) in [5, 5.41) is 23.1. The highest BCUT2D eigenvalue weighted by molar-refractivity contribution is 8.00. The number of morpholine rings is 1. The number of hydrogen-bond donors (Lipinski definition) is 2. The van der Waals surface area contributed by atoms with Crippen LogP contribution in [0.4, 0.5) is 5.69 Å². The van der Waals surface area contributed by atoms with Crippen molar-refractivity contribution in [1.29, 1.82) is 0 Å². The largest absolute Gasteiger partial charge is 0.390 e. The second kappa shape index (κ2) is 9.71. The molecule has 1 saturated heterocycles. The molecule has 2 rings (SSSR count). The van der Waals surface area contributed by atoms with Gasteiger partial charge >= 0.3 is 0 Å². The maximum absolute atomic E-state index is 12.1. The third-order valence-corrected chi connectivity index (χ3v) is 4.93. The summed E-state index contributed by atoms with van der Waals surface area (Å²) in [5.74, 6) is -0.176. The lowest BCUT2D eigenvalue weighted by Gasteiger charge is -2.28. The number of carbonyl (C=O) groups is 1. The molecule has 2 unspecified atom stereocenters. The highest BCUT2D eigenvalue weighted by Gasteiger charge is 2.18. The number of β-amino-alcohol motifs (C(OH)–C–C–N with tert-alkyl or cyclic N) is 1. The molecule has 2 N–H and O–H groups in total. The van der Waals surface area contributed by atoms with Gasteiger partial charge in [0.05, 0.1) is 29.5 Å². The lowest BCUT2D eigenvalue weighted by molar-refractivity contribution is -0.384. The number of aliphatic hydroxyl groups is 1. The van der Waals surface area contributed by atoms with E-state index in [1.54, 1.807) is 19.1 Å². The van der Waals surface area contributed by atoms with Crippen molar-refractivity contribution in [3.8, 4) is 0 Å². The van der Waals surface area contributed by atoms with E-state index in [1.165, 1.54) is 23.9 Å². The molecule has 9 heteroatoms. The highest BCUT2D eigenvalue weighted by Crippen LogP contribution is 2.25. The molecule has 1 aliphatic heterocycles. The van der Waals surface area contributed by atoms with E-state index in [1.807, 2.05) is 0 Å². The van der Waals surface area contributed by atoms with E-state index in [2.05, 4.69) is 10.2 Å². The van der Waals surface area contributed by atoms with E-state index in [0.29, 0.717) is 19.8 Å². The predicted octanol–water partition coefficient (Wildman–Crippen LogP) is 0.885. The standard InChI is InChI=1S/C16H23N3O5S/c1-12(25-15-4-2-13(3-5-15)19(22)23)16(21)17-10-14(20)11-18-6-8-24-9-7-18/h2-5,12,14,20H,6-11H2,1H3,(H,17,21). The Morgan fingerprint density at radius 3 is 2.64 bits per heavy atom. The van der Waals surface area contributed by atoms with Gasteiger partial charge in [-0.05, 0) is 19.1 Å². The van der Waals surface area contributed by atoms with E-state index in [9.17, 15) is 20.0 Å². The van der Waals surface area contributed by atoms with E-state index in [0.717, 1.165) is 18.0 Å². The molecule has 1 aromatic carbocycles. The Morgan fingerprint density at radius 1 is 1.40 bits per heavy atom. The number of thioether (sulfide) groups is 1. The van der Waals surface area contributed by atoms with E-state index < -0.39 is 11.0 Å². The third-order valence-electron chi connectivity index (χ3n) is 3.81. The van der Waals surface area contributed by atoms with Crippen LogP contribution in [0.25, 0.3) is 0 Å². The van der Waals surface area contributed by atoms with Gasteiger partial charge in [0, 0.05) is 43.2 Å². The molecule has 0 aromatic heterocycles. The minimum atomic E-state index is -0.626. The summed E-state index contributed by atoms with van der Waals surface area (Å²) in [6.07, 6.45) is -0.626. The zero-order valence-corrected chi connectivity index (χ0v) is 14.9. The number of nitro groups is 1. The lowest BCUT2D eigenvalue weighted by Crippen LogP contribution is -2.45. The highest BCUT2D eigenvalue weighted by atomic mass is 32.2. The van der Waals surface area contributed by atoms with Crippen LogP contribution >= 0.6 is 11.8 Å². The van der Waals surface area contributed by atoms with Crippen LogP contribution in [-0.2, 0) is 9.53 Å². The summed E-state index contributed by atoms with van der Waals surface area (Å²) >= 11 is 1.32. The van der Waals surface area contributed by atoms with Crippen LogP contribution in [0.1, 0.15) is 6.92 Å². The van der Waals surface area contributed by atoms with Crippen LogP contribution in [-0.4, -0.2) is 71.6 Å². The number of amides is 1. The van der Waals surface area contributed by atoms with Crippen molar-refractivity contribution in [2.75, 3.05) is 39.4 Å². The molecule has 1 aromatic rings. The van der Waals surface area contributed by atoms with Gasteiger partial charge in [-0.1, -0.05) is 0 Å². The van der Waals surface area contributed by atoms with E-state index in [-0.39, 0.29) is 23.4 Å². The molecular formula is C16H23N3O5S. The molecule has 0 radical (unpaired) electrons. The fourth-order valence-electron chi connectivity index (χ4n) is 2.41. The first-order valence-electron chi connectivity index (χ1n) is 8.12. The zero-order valence-electron chi connectivity index (χ0n) is 14.1. The SMILES string of the molecule is CC(Sc1ccc([N+](=O)[O-])cc1)C(=O)NCC(O)CN1CCOCC1. The summed E-state index contributed by atoms with van der Waals surface area (Å²) in [5.41, 5.74) is 0.0210. The van der Waals surface area contributed by atoms with Crippen molar-refractivity contribution in [3.05, 3.63) is 34.4 Å². The van der Waals surface area contributed by atoms with Gasteiger partial charge < -0.3 is 15.2 Å². The maximum Gasteiger partial charge on any atom is 0.269 e. The summed E-state index contributed by atoms with van der Waals surface area (Å²) < 4.78 is 5.25. The van der Waals surface area contributed by atoms with E-state index in [4.69, 9.17) is 4.74 Å². The van der Waals surface area contributed by atoms with Gasteiger partial charge in [0.15, 0.2) is 0 Å². The van der Waals surface area contributed by atoms with Gasteiger partial charge in [-0.15, -0.1) is 11.8 Å². The van der Waals surface area contributed by atoms with Gasteiger partial charge in [0.1, 0.15) is 0 Å². The molecule has 8 nitrogen and oxygen atoms in total. The number of carbonyl (C=O) groups excluding carboxylic acids is 1. The zero-order chi connectivity index (χ0) is 18.2. The quantitative estimate of drug-likeness (QED) is 0.398. The molecule has 1 fully saturated rings. The molecule has 138 valence electrons. The fraction of sp³-hybridized carbons (Fsp3) is 0.562. The van der Waals surface area contributed by atoms with Crippen LogP contribution in [0.15, 0.2) is 29.2 Å². The number of benzene rings is 1. The fourth-order valence-corrected chi connectivity index (χ4v) is 3.30. The van der Waals surface area contributed by atoms with Crippen LogP contribution in [0.3, 0.4) is 0 Å². The number of rotatable bonds is 8. The average Bonchev–Trinajstić information content (AvgIpc) is 2.61. The minimum absolute atomic E-state index is 0.0210.